The van der Waals surface area contributed by atoms with E-state index < -0.39 is 17.9 Å². The van der Waals surface area contributed by atoms with Crippen molar-refractivity contribution in [2.45, 2.75) is 31.9 Å². The summed E-state index contributed by atoms with van der Waals surface area (Å²) < 4.78 is 53.6. The number of hydrogen-bond acceptors (Lipinski definition) is 4. The molecule has 23 heavy (non-hydrogen) atoms. The number of rotatable bonds is 6. The van der Waals surface area contributed by atoms with Crippen LogP contribution in [0.1, 0.15) is 31.0 Å². The monoisotopic (exact) mass is 331 g/mol. The number of aryl methyl sites for hydroxylation is 1. The van der Waals surface area contributed by atoms with Crippen LogP contribution in [0, 0.1) is 5.82 Å². The van der Waals surface area contributed by atoms with Gasteiger partial charge in [0.15, 0.2) is 5.82 Å². The molecule has 9 heteroatoms. The van der Waals surface area contributed by atoms with Gasteiger partial charge in [0.2, 0.25) is 5.91 Å². The van der Waals surface area contributed by atoms with Gasteiger partial charge in [-0.3, -0.25) is 4.79 Å². The first-order valence-corrected chi connectivity index (χ1v) is 6.80. The quantitative estimate of drug-likeness (QED) is 0.649. The molecule has 0 radical (unpaired) electrons. The zero-order valence-corrected chi connectivity index (χ0v) is 11.9. The third kappa shape index (κ3) is 5.35. The molecule has 5 nitrogen and oxygen atoms in total. The standard InChI is InChI=1S/C14H13F4N3O2/c15-9-5-7-10(8-6-9)19-12(22)4-2-1-3-11-20-13(23-21-11)14(16,17)18/h5-8H,1-4H2,(H,19,22). The van der Waals surface area contributed by atoms with Crippen molar-refractivity contribution in [1.82, 2.24) is 10.1 Å². The Balaban J connectivity index is 1.69. The van der Waals surface area contributed by atoms with Crippen LogP contribution in [0.2, 0.25) is 0 Å². The first-order chi connectivity index (χ1) is 10.8. The average Bonchev–Trinajstić information content (AvgIpc) is 2.95. The normalized spacial score (nSPS) is 11.5. The van der Waals surface area contributed by atoms with Crippen molar-refractivity contribution in [3.63, 3.8) is 0 Å². The van der Waals surface area contributed by atoms with Crippen LogP contribution in [0.5, 0.6) is 0 Å². The minimum atomic E-state index is -4.65. The average molecular weight is 331 g/mol. The highest BCUT2D eigenvalue weighted by atomic mass is 19.4. The SMILES string of the molecule is O=C(CCCCc1noc(C(F)(F)F)n1)Nc1ccc(F)cc1. The molecule has 0 aliphatic carbocycles. The Kier molecular flexibility index (Phi) is 5.30. The highest BCUT2D eigenvalue weighted by molar-refractivity contribution is 5.90. The fourth-order valence-electron chi connectivity index (χ4n) is 1.80. The van der Waals surface area contributed by atoms with Crippen LogP contribution in [0.15, 0.2) is 28.8 Å². The molecule has 1 aromatic heterocycles. The van der Waals surface area contributed by atoms with Crippen LogP contribution in [0.25, 0.3) is 0 Å². The van der Waals surface area contributed by atoms with E-state index in [9.17, 15) is 22.4 Å². The van der Waals surface area contributed by atoms with Gasteiger partial charge in [0.1, 0.15) is 5.82 Å². The molecule has 0 spiro atoms. The lowest BCUT2D eigenvalue weighted by atomic mass is 10.2. The Morgan fingerprint density at radius 2 is 1.87 bits per heavy atom. The Bertz CT molecular complexity index is 653. The summed E-state index contributed by atoms with van der Waals surface area (Å²) >= 11 is 0. The van der Waals surface area contributed by atoms with Crippen LogP contribution < -0.4 is 5.32 Å². The maximum Gasteiger partial charge on any atom is 0.471 e. The minimum absolute atomic E-state index is 0.0451. The number of benzene rings is 1. The summed E-state index contributed by atoms with van der Waals surface area (Å²) in [5.41, 5.74) is 0.476. The summed E-state index contributed by atoms with van der Waals surface area (Å²) in [7, 11) is 0. The van der Waals surface area contributed by atoms with Crippen molar-refractivity contribution < 1.29 is 26.9 Å². The molecule has 0 atom stereocenters. The maximum atomic E-state index is 12.7. The summed E-state index contributed by atoms with van der Waals surface area (Å²) in [5, 5.41) is 5.82. The summed E-state index contributed by atoms with van der Waals surface area (Å²) in [6.45, 7) is 0. The molecule has 0 unspecified atom stereocenters. The highest BCUT2D eigenvalue weighted by Crippen LogP contribution is 2.27. The second-order valence-electron chi connectivity index (χ2n) is 4.78. The number of unbranched alkanes of at least 4 members (excludes halogenated alkanes) is 1. The van der Waals surface area contributed by atoms with Gasteiger partial charge in [0, 0.05) is 18.5 Å². The molecule has 2 aromatic rings. The number of carbonyl (C=O) groups excluding carboxylic acids is 1. The zero-order chi connectivity index (χ0) is 16.9. The van der Waals surface area contributed by atoms with Crippen molar-refractivity contribution in [3.05, 3.63) is 41.8 Å². The Morgan fingerprint density at radius 3 is 2.48 bits per heavy atom. The van der Waals surface area contributed by atoms with Crippen molar-refractivity contribution in [2.75, 3.05) is 5.32 Å². The number of anilines is 1. The Labute approximate surface area is 128 Å². The van der Waals surface area contributed by atoms with Crippen molar-refractivity contribution >= 4 is 11.6 Å². The van der Waals surface area contributed by atoms with E-state index in [1.807, 2.05) is 0 Å². The number of carbonyl (C=O) groups is 1. The van der Waals surface area contributed by atoms with Gasteiger partial charge in [-0.15, -0.1) is 0 Å². The molecular formula is C14H13F4N3O2. The summed E-state index contributed by atoms with van der Waals surface area (Å²) in [4.78, 5) is 14.9. The summed E-state index contributed by atoms with van der Waals surface area (Å²) in [6.07, 6.45) is -3.40. The van der Waals surface area contributed by atoms with Gasteiger partial charge in [-0.1, -0.05) is 5.16 Å². The molecule has 0 aliphatic rings. The van der Waals surface area contributed by atoms with E-state index in [-0.39, 0.29) is 24.6 Å². The van der Waals surface area contributed by atoms with Crippen molar-refractivity contribution in [2.24, 2.45) is 0 Å². The van der Waals surface area contributed by atoms with Gasteiger partial charge in [-0.2, -0.15) is 18.2 Å². The summed E-state index contributed by atoms with van der Waals surface area (Å²) in [5.74, 6) is -2.08. The first kappa shape index (κ1) is 16.9. The van der Waals surface area contributed by atoms with E-state index in [1.54, 1.807) is 0 Å². The van der Waals surface area contributed by atoms with E-state index in [1.165, 1.54) is 24.3 Å². The molecule has 0 fully saturated rings. The van der Waals surface area contributed by atoms with Crippen molar-refractivity contribution in [3.8, 4) is 0 Å². The van der Waals surface area contributed by atoms with E-state index in [0.29, 0.717) is 18.5 Å². The number of alkyl halides is 3. The molecule has 1 aromatic carbocycles. The van der Waals surface area contributed by atoms with Gasteiger partial charge >= 0.3 is 12.1 Å². The molecule has 0 saturated carbocycles. The molecule has 2 rings (SSSR count). The second kappa shape index (κ2) is 7.21. The van der Waals surface area contributed by atoms with E-state index in [2.05, 4.69) is 20.0 Å². The number of amides is 1. The van der Waals surface area contributed by atoms with E-state index in [4.69, 9.17) is 0 Å². The first-order valence-electron chi connectivity index (χ1n) is 6.80. The maximum absolute atomic E-state index is 12.7. The lowest BCUT2D eigenvalue weighted by molar-refractivity contribution is -0.159. The highest BCUT2D eigenvalue weighted by Gasteiger charge is 2.38. The summed E-state index contributed by atoms with van der Waals surface area (Å²) in [6, 6.07) is 5.32. The predicted molar refractivity (Wildman–Crippen MR) is 71.9 cm³/mol. The Morgan fingerprint density at radius 1 is 1.17 bits per heavy atom. The van der Waals surface area contributed by atoms with Crippen molar-refractivity contribution in [1.29, 1.82) is 0 Å². The Hall–Kier alpha value is -2.45. The van der Waals surface area contributed by atoms with Crippen LogP contribution in [0.3, 0.4) is 0 Å². The molecular weight excluding hydrogens is 318 g/mol. The smallest absolute Gasteiger partial charge is 0.329 e. The zero-order valence-electron chi connectivity index (χ0n) is 11.9. The molecule has 1 amide bonds. The van der Waals surface area contributed by atoms with Crippen LogP contribution in [0.4, 0.5) is 23.2 Å². The van der Waals surface area contributed by atoms with Crippen LogP contribution in [-0.2, 0) is 17.4 Å². The number of aromatic nitrogens is 2. The minimum Gasteiger partial charge on any atom is -0.329 e. The van der Waals surface area contributed by atoms with Crippen LogP contribution in [-0.4, -0.2) is 16.0 Å². The molecule has 0 saturated heterocycles. The number of hydrogen-bond donors (Lipinski definition) is 1. The van der Waals surface area contributed by atoms with E-state index >= 15 is 0 Å². The van der Waals surface area contributed by atoms with E-state index in [0.717, 1.165) is 0 Å². The topological polar surface area (TPSA) is 68.0 Å². The predicted octanol–water partition coefficient (Wildman–Crippen LogP) is 3.58. The van der Waals surface area contributed by atoms with Gasteiger partial charge < -0.3 is 9.84 Å². The molecule has 1 N–H and O–H groups in total. The lowest BCUT2D eigenvalue weighted by Gasteiger charge is -2.04. The number of nitrogens with one attached hydrogen (secondary N) is 1. The fraction of sp³-hybridized carbons (Fsp3) is 0.357. The molecule has 0 aliphatic heterocycles. The third-order valence-corrected chi connectivity index (χ3v) is 2.89. The fourth-order valence-corrected chi connectivity index (χ4v) is 1.80. The molecule has 0 bridgehead atoms. The second-order valence-corrected chi connectivity index (χ2v) is 4.78. The lowest BCUT2D eigenvalue weighted by Crippen LogP contribution is -2.11. The largest absolute Gasteiger partial charge is 0.471 e. The molecule has 1 heterocycles. The van der Waals surface area contributed by atoms with Crippen LogP contribution >= 0.6 is 0 Å². The third-order valence-electron chi connectivity index (χ3n) is 2.89. The number of nitrogens with zero attached hydrogens (tertiary/aromatic N) is 2. The van der Waals surface area contributed by atoms with Gasteiger partial charge in [0.25, 0.3) is 0 Å². The van der Waals surface area contributed by atoms with Gasteiger partial charge in [-0.05, 0) is 37.1 Å². The van der Waals surface area contributed by atoms with Gasteiger partial charge in [-0.25, -0.2) is 4.39 Å². The molecule has 124 valence electrons. The van der Waals surface area contributed by atoms with Gasteiger partial charge in [0.05, 0.1) is 0 Å². The number of halogens is 4.